The van der Waals surface area contributed by atoms with E-state index < -0.39 is 5.97 Å². The molecule has 1 aliphatic heterocycles. The first-order valence-electron chi connectivity index (χ1n) is 6.69. The van der Waals surface area contributed by atoms with Crippen LogP contribution in [-0.2, 0) is 11.3 Å². The predicted molar refractivity (Wildman–Crippen MR) is 75.6 cm³/mol. The lowest BCUT2D eigenvalue weighted by Gasteiger charge is -2.31. The summed E-state index contributed by atoms with van der Waals surface area (Å²) < 4.78 is 0. The largest absolute Gasteiger partial charge is 0.481 e. The van der Waals surface area contributed by atoms with Crippen molar-refractivity contribution >= 4 is 23.3 Å². The predicted octanol–water partition coefficient (Wildman–Crippen LogP) is 1.85. The third kappa shape index (κ3) is 3.93. The Morgan fingerprint density at radius 3 is 2.75 bits per heavy atom. The molecule has 0 spiro atoms. The maximum absolute atomic E-state index is 12.0. The van der Waals surface area contributed by atoms with E-state index in [0.29, 0.717) is 19.6 Å². The summed E-state index contributed by atoms with van der Waals surface area (Å²) in [5.74, 6) is -0.561. The summed E-state index contributed by atoms with van der Waals surface area (Å²) >= 11 is 1.54. The molecule has 2 amide bonds. The molecular weight excluding hydrogens is 278 g/mol. The van der Waals surface area contributed by atoms with E-state index in [0.717, 1.165) is 23.4 Å². The van der Waals surface area contributed by atoms with Gasteiger partial charge in [-0.05, 0) is 25.7 Å². The molecule has 0 saturated carbocycles. The SMILES string of the molecule is Cc1ncsc1CNC(=O)N1CCC(CC(=O)O)CC1. The number of thiazole rings is 1. The molecular formula is C13H19N3O3S. The van der Waals surface area contributed by atoms with E-state index in [9.17, 15) is 9.59 Å². The molecule has 0 atom stereocenters. The molecule has 7 heteroatoms. The fourth-order valence-corrected chi connectivity index (χ4v) is 3.07. The van der Waals surface area contributed by atoms with Crippen molar-refractivity contribution in [3.05, 3.63) is 16.1 Å². The molecule has 1 aromatic heterocycles. The van der Waals surface area contributed by atoms with E-state index in [1.54, 1.807) is 10.4 Å². The fraction of sp³-hybridized carbons (Fsp3) is 0.615. The summed E-state index contributed by atoms with van der Waals surface area (Å²) in [5.41, 5.74) is 2.73. The average molecular weight is 297 g/mol. The number of rotatable bonds is 4. The number of aromatic nitrogens is 1. The highest BCUT2D eigenvalue weighted by atomic mass is 32.1. The molecule has 0 aliphatic carbocycles. The van der Waals surface area contributed by atoms with Gasteiger partial charge in [-0.2, -0.15) is 0 Å². The minimum atomic E-state index is -0.756. The van der Waals surface area contributed by atoms with Crippen LogP contribution in [0.4, 0.5) is 4.79 Å². The number of urea groups is 1. The van der Waals surface area contributed by atoms with Gasteiger partial charge in [-0.15, -0.1) is 11.3 Å². The average Bonchev–Trinajstić information content (AvgIpc) is 2.82. The number of aryl methyl sites for hydroxylation is 1. The number of hydrogen-bond acceptors (Lipinski definition) is 4. The number of aliphatic carboxylic acids is 1. The lowest BCUT2D eigenvalue weighted by Crippen LogP contribution is -2.44. The Labute approximate surface area is 121 Å². The van der Waals surface area contributed by atoms with Crippen molar-refractivity contribution < 1.29 is 14.7 Å². The first-order valence-corrected chi connectivity index (χ1v) is 7.57. The fourth-order valence-electron chi connectivity index (χ4n) is 2.35. The van der Waals surface area contributed by atoms with E-state index in [1.165, 1.54) is 11.3 Å². The Hall–Kier alpha value is -1.63. The molecule has 0 unspecified atom stereocenters. The lowest BCUT2D eigenvalue weighted by atomic mass is 9.94. The van der Waals surface area contributed by atoms with Crippen molar-refractivity contribution in [2.24, 2.45) is 5.92 Å². The summed E-state index contributed by atoms with van der Waals surface area (Å²) in [6.07, 6.45) is 1.73. The summed E-state index contributed by atoms with van der Waals surface area (Å²) in [7, 11) is 0. The number of carboxylic acids is 1. The Bertz CT molecular complexity index is 481. The number of nitrogens with zero attached hydrogens (tertiary/aromatic N) is 2. The third-order valence-electron chi connectivity index (χ3n) is 3.61. The van der Waals surface area contributed by atoms with Gasteiger partial charge in [0.05, 0.1) is 17.7 Å². The summed E-state index contributed by atoms with van der Waals surface area (Å²) in [6.45, 7) is 3.69. The molecule has 20 heavy (non-hydrogen) atoms. The molecule has 0 aromatic carbocycles. The number of carbonyl (C=O) groups excluding carboxylic acids is 1. The highest BCUT2D eigenvalue weighted by Gasteiger charge is 2.24. The zero-order chi connectivity index (χ0) is 14.5. The minimum absolute atomic E-state index is 0.0772. The van der Waals surface area contributed by atoms with Crippen LogP contribution in [0.2, 0.25) is 0 Å². The van der Waals surface area contributed by atoms with Crippen molar-refractivity contribution in [2.75, 3.05) is 13.1 Å². The van der Waals surface area contributed by atoms with E-state index in [2.05, 4.69) is 10.3 Å². The number of carboxylic acid groups (broad SMARTS) is 1. The van der Waals surface area contributed by atoms with Crippen molar-refractivity contribution in [3.63, 3.8) is 0 Å². The van der Waals surface area contributed by atoms with Gasteiger partial charge in [-0.3, -0.25) is 4.79 Å². The van der Waals surface area contributed by atoms with Gasteiger partial charge >= 0.3 is 12.0 Å². The molecule has 110 valence electrons. The maximum Gasteiger partial charge on any atom is 0.317 e. The minimum Gasteiger partial charge on any atom is -0.481 e. The van der Waals surface area contributed by atoms with Crippen molar-refractivity contribution in [2.45, 2.75) is 32.7 Å². The lowest BCUT2D eigenvalue weighted by molar-refractivity contribution is -0.138. The second-order valence-corrected chi connectivity index (χ2v) is 5.99. The molecule has 0 bridgehead atoms. The van der Waals surface area contributed by atoms with Crippen molar-refractivity contribution in [1.82, 2.24) is 15.2 Å². The summed E-state index contributed by atoms with van der Waals surface area (Å²) in [6, 6.07) is -0.0772. The van der Waals surface area contributed by atoms with Crippen molar-refractivity contribution in [3.8, 4) is 0 Å². The van der Waals surface area contributed by atoms with Crippen LogP contribution in [0.5, 0.6) is 0 Å². The monoisotopic (exact) mass is 297 g/mol. The number of nitrogens with one attached hydrogen (secondary N) is 1. The highest BCUT2D eigenvalue weighted by molar-refractivity contribution is 7.09. The molecule has 2 N–H and O–H groups in total. The Balaban J connectivity index is 1.74. The van der Waals surface area contributed by atoms with Gasteiger partial charge in [0, 0.05) is 24.4 Å². The van der Waals surface area contributed by atoms with Crippen LogP contribution in [-0.4, -0.2) is 40.1 Å². The molecule has 2 rings (SSSR count). The van der Waals surface area contributed by atoms with Crippen LogP contribution in [0, 0.1) is 12.8 Å². The topological polar surface area (TPSA) is 82.5 Å². The number of amides is 2. The van der Waals surface area contributed by atoms with Gasteiger partial charge in [0.15, 0.2) is 0 Å². The second-order valence-electron chi connectivity index (χ2n) is 5.05. The van der Waals surface area contributed by atoms with Gasteiger partial charge in [0.25, 0.3) is 0 Å². The number of piperidine rings is 1. The second kappa shape index (κ2) is 6.69. The molecule has 1 aromatic rings. The Morgan fingerprint density at radius 2 is 2.20 bits per heavy atom. The van der Waals surface area contributed by atoms with Crippen molar-refractivity contribution in [1.29, 1.82) is 0 Å². The van der Waals surface area contributed by atoms with Crippen LogP contribution >= 0.6 is 11.3 Å². The zero-order valence-electron chi connectivity index (χ0n) is 11.5. The van der Waals surface area contributed by atoms with Crippen LogP contribution in [0.3, 0.4) is 0 Å². The van der Waals surface area contributed by atoms with Gasteiger partial charge < -0.3 is 15.3 Å². The molecule has 1 fully saturated rings. The maximum atomic E-state index is 12.0. The molecule has 1 aliphatic rings. The van der Waals surface area contributed by atoms with E-state index in [4.69, 9.17) is 5.11 Å². The summed E-state index contributed by atoms with van der Waals surface area (Å²) in [5, 5.41) is 11.7. The van der Waals surface area contributed by atoms with Gasteiger partial charge in [0.1, 0.15) is 0 Å². The molecule has 2 heterocycles. The van der Waals surface area contributed by atoms with Crippen LogP contribution in [0.1, 0.15) is 29.8 Å². The van der Waals surface area contributed by atoms with Gasteiger partial charge in [-0.25, -0.2) is 9.78 Å². The third-order valence-corrected chi connectivity index (χ3v) is 4.55. The normalized spacial score (nSPS) is 16.1. The Kier molecular flexibility index (Phi) is 4.94. The molecule has 1 saturated heterocycles. The number of hydrogen-bond donors (Lipinski definition) is 2. The highest BCUT2D eigenvalue weighted by Crippen LogP contribution is 2.20. The number of carbonyl (C=O) groups is 2. The molecule has 6 nitrogen and oxygen atoms in total. The smallest absolute Gasteiger partial charge is 0.317 e. The van der Waals surface area contributed by atoms with E-state index in [-0.39, 0.29) is 18.4 Å². The van der Waals surface area contributed by atoms with Gasteiger partial charge in [0.2, 0.25) is 0 Å². The van der Waals surface area contributed by atoms with Gasteiger partial charge in [-0.1, -0.05) is 0 Å². The molecule has 0 radical (unpaired) electrons. The van der Waals surface area contributed by atoms with Crippen LogP contribution in [0.15, 0.2) is 5.51 Å². The number of likely N-dealkylation sites (tertiary alicyclic amines) is 1. The van der Waals surface area contributed by atoms with Crippen LogP contribution in [0.25, 0.3) is 0 Å². The Morgan fingerprint density at radius 1 is 1.50 bits per heavy atom. The standard InChI is InChI=1S/C13H19N3O3S/c1-9-11(20-8-15-9)7-14-13(19)16-4-2-10(3-5-16)6-12(17)18/h8,10H,2-7H2,1H3,(H,14,19)(H,17,18). The zero-order valence-corrected chi connectivity index (χ0v) is 12.3. The summed E-state index contributed by atoms with van der Waals surface area (Å²) in [4.78, 5) is 29.6. The van der Waals surface area contributed by atoms with Crippen LogP contribution < -0.4 is 5.32 Å². The first kappa shape index (κ1) is 14.8. The quantitative estimate of drug-likeness (QED) is 0.888. The first-order chi connectivity index (χ1) is 9.56. The van der Waals surface area contributed by atoms with E-state index in [1.807, 2.05) is 6.92 Å². The van der Waals surface area contributed by atoms with E-state index >= 15 is 0 Å².